The van der Waals surface area contributed by atoms with Crippen LogP contribution in [0, 0.1) is 0 Å². The molecule has 3 heterocycles. The van der Waals surface area contributed by atoms with Gasteiger partial charge in [-0.15, -0.1) is 0 Å². The minimum absolute atomic E-state index is 0.150. The van der Waals surface area contributed by atoms with Crippen molar-refractivity contribution in [1.29, 1.82) is 0 Å². The summed E-state index contributed by atoms with van der Waals surface area (Å²) in [5, 5.41) is 10.4. The number of benzene rings is 4. The molecule has 53 heavy (non-hydrogen) atoms. The number of hydrazone groups is 1. The number of nitrogens with one attached hydrogen (secondary N) is 3. The Morgan fingerprint density at radius 3 is 1.60 bits per heavy atom. The van der Waals surface area contributed by atoms with E-state index < -0.39 is 24.3 Å². The minimum Gasteiger partial charge on any atom is -0.445 e. The molecule has 0 unspecified atom stereocenters. The molecule has 7 rings (SSSR count). The number of hydrogen-bond acceptors (Lipinski definition) is 9. The summed E-state index contributed by atoms with van der Waals surface area (Å²) in [4.78, 5) is 57.0. The van der Waals surface area contributed by atoms with E-state index in [1.807, 2.05) is 114 Å². The summed E-state index contributed by atoms with van der Waals surface area (Å²) >= 11 is 0. The molecule has 0 radical (unpaired) electrons. The lowest BCUT2D eigenvalue weighted by atomic mass is 10.1. The van der Waals surface area contributed by atoms with Gasteiger partial charge in [0.15, 0.2) is 5.84 Å². The van der Waals surface area contributed by atoms with Gasteiger partial charge in [-0.05, 0) is 85.3 Å². The van der Waals surface area contributed by atoms with Gasteiger partial charge in [0.1, 0.15) is 32.0 Å². The maximum Gasteiger partial charge on any atom is 0.410 e. The first-order chi connectivity index (χ1) is 25.9. The Bertz CT molecular complexity index is 1940. The molecule has 0 aromatic heterocycles. The number of anilines is 3. The molecule has 2 fully saturated rings. The molecule has 4 aromatic rings. The highest BCUT2D eigenvalue weighted by Crippen LogP contribution is 2.26. The lowest BCUT2D eigenvalue weighted by Crippen LogP contribution is -2.43. The lowest BCUT2D eigenvalue weighted by molar-refractivity contribution is -0.120. The molecule has 13 nitrogen and oxygen atoms in total. The monoisotopic (exact) mass is 715 g/mol. The van der Waals surface area contributed by atoms with E-state index in [0.29, 0.717) is 49.8 Å². The van der Waals surface area contributed by atoms with Gasteiger partial charge in [0.2, 0.25) is 11.8 Å². The van der Waals surface area contributed by atoms with Gasteiger partial charge < -0.3 is 25.0 Å². The van der Waals surface area contributed by atoms with Crippen LogP contribution in [-0.4, -0.2) is 71.5 Å². The fourth-order valence-corrected chi connectivity index (χ4v) is 6.75. The summed E-state index contributed by atoms with van der Waals surface area (Å²) in [6.45, 7) is 1.67. The number of carbonyl (C=O) groups is 4. The van der Waals surface area contributed by atoms with E-state index in [9.17, 15) is 19.2 Å². The Balaban J connectivity index is 0.913. The number of hydrogen-bond donors (Lipinski definition) is 3. The molecule has 2 atom stereocenters. The summed E-state index contributed by atoms with van der Waals surface area (Å²) in [5.41, 5.74) is 7.71. The van der Waals surface area contributed by atoms with Crippen LogP contribution in [0.1, 0.15) is 42.4 Å². The van der Waals surface area contributed by atoms with Gasteiger partial charge in [-0.25, -0.2) is 9.59 Å². The minimum atomic E-state index is -0.608. The molecule has 3 aliphatic heterocycles. The summed E-state index contributed by atoms with van der Waals surface area (Å²) in [6, 6.07) is 32.5. The number of likely N-dealkylation sites (tertiary alicyclic amines) is 2. The van der Waals surface area contributed by atoms with Crippen molar-refractivity contribution < 1.29 is 28.7 Å². The Labute approximate surface area is 307 Å². The van der Waals surface area contributed by atoms with Gasteiger partial charge in [-0.2, -0.15) is 5.10 Å². The first-order valence-electron chi connectivity index (χ1n) is 17.8. The van der Waals surface area contributed by atoms with Crippen LogP contribution in [-0.2, 0) is 32.3 Å². The molecular formula is C40H41N7O6. The lowest BCUT2D eigenvalue weighted by Gasteiger charge is -2.24. The number of carbonyl (C=O) groups excluding carboxylic acids is 4. The molecule has 2 saturated heterocycles. The second-order valence-electron chi connectivity index (χ2n) is 13.1. The average Bonchev–Trinajstić information content (AvgIpc) is 4.00. The largest absolute Gasteiger partial charge is 0.445 e. The average molecular weight is 716 g/mol. The number of ether oxygens (including phenoxy) is 2. The molecule has 4 amide bonds. The van der Waals surface area contributed by atoms with Crippen molar-refractivity contribution in [2.75, 3.05) is 35.3 Å². The molecule has 3 aliphatic rings. The molecule has 272 valence electrons. The third kappa shape index (κ3) is 8.41. The molecule has 4 aromatic carbocycles. The zero-order valence-electron chi connectivity index (χ0n) is 29.1. The van der Waals surface area contributed by atoms with E-state index in [1.54, 1.807) is 0 Å². The molecule has 3 N–H and O–H groups in total. The van der Waals surface area contributed by atoms with Crippen molar-refractivity contribution in [2.24, 2.45) is 5.10 Å². The highest BCUT2D eigenvalue weighted by atomic mass is 16.6. The van der Waals surface area contributed by atoms with Crippen LogP contribution >= 0.6 is 0 Å². The molecule has 0 saturated carbocycles. The van der Waals surface area contributed by atoms with Crippen molar-refractivity contribution in [1.82, 2.24) is 15.2 Å². The van der Waals surface area contributed by atoms with Gasteiger partial charge in [0.05, 0.1) is 0 Å². The normalized spacial score (nSPS) is 17.9. The SMILES string of the molecule is O=C(Nc1ccc(C2=NNCN2c2ccc(NC(=O)[C@@H]3CCCN3C(=O)OCc3ccccc3)cc2)cc1)[C@@H]1CCCN1C(=O)OCc1ccccc1. The van der Waals surface area contributed by atoms with E-state index in [0.717, 1.165) is 35.2 Å². The van der Waals surface area contributed by atoms with E-state index in [2.05, 4.69) is 21.2 Å². The van der Waals surface area contributed by atoms with Crippen LogP contribution in [0.4, 0.5) is 26.7 Å². The van der Waals surface area contributed by atoms with Crippen molar-refractivity contribution in [3.8, 4) is 0 Å². The predicted molar refractivity (Wildman–Crippen MR) is 200 cm³/mol. The fraction of sp³-hybridized carbons (Fsp3) is 0.275. The summed E-state index contributed by atoms with van der Waals surface area (Å²) in [6.07, 6.45) is 1.57. The maximum atomic E-state index is 13.2. The molecular weight excluding hydrogens is 674 g/mol. The summed E-state index contributed by atoms with van der Waals surface area (Å²) in [7, 11) is 0. The third-order valence-electron chi connectivity index (χ3n) is 9.52. The van der Waals surface area contributed by atoms with Crippen LogP contribution in [0.2, 0.25) is 0 Å². The first-order valence-corrected chi connectivity index (χ1v) is 17.8. The van der Waals surface area contributed by atoms with Crippen LogP contribution in [0.25, 0.3) is 0 Å². The highest BCUT2D eigenvalue weighted by molar-refractivity contribution is 6.11. The maximum absolute atomic E-state index is 13.2. The van der Waals surface area contributed by atoms with Gasteiger partial charge >= 0.3 is 12.2 Å². The molecule has 0 aliphatic carbocycles. The van der Waals surface area contributed by atoms with Crippen molar-refractivity contribution in [3.05, 3.63) is 126 Å². The van der Waals surface area contributed by atoms with E-state index in [-0.39, 0.29) is 25.0 Å². The van der Waals surface area contributed by atoms with Gasteiger partial charge in [-0.1, -0.05) is 60.7 Å². The number of amidine groups is 1. The number of amides is 4. The van der Waals surface area contributed by atoms with Crippen LogP contribution in [0.3, 0.4) is 0 Å². The summed E-state index contributed by atoms with van der Waals surface area (Å²) in [5.74, 6) is 0.176. The zero-order valence-corrected chi connectivity index (χ0v) is 29.1. The Morgan fingerprint density at radius 1 is 0.642 bits per heavy atom. The second-order valence-corrected chi connectivity index (χ2v) is 13.1. The summed E-state index contributed by atoms with van der Waals surface area (Å²) < 4.78 is 11.0. The van der Waals surface area contributed by atoms with Gasteiger partial charge in [0, 0.05) is 35.7 Å². The van der Waals surface area contributed by atoms with E-state index in [4.69, 9.17) is 9.47 Å². The van der Waals surface area contributed by atoms with Crippen molar-refractivity contribution in [2.45, 2.75) is 51.0 Å². The Kier molecular flexibility index (Phi) is 10.8. The van der Waals surface area contributed by atoms with Crippen LogP contribution in [0.5, 0.6) is 0 Å². The predicted octanol–water partition coefficient (Wildman–Crippen LogP) is 5.89. The second kappa shape index (κ2) is 16.3. The molecule has 13 heteroatoms. The Morgan fingerprint density at radius 2 is 1.11 bits per heavy atom. The topological polar surface area (TPSA) is 145 Å². The third-order valence-corrected chi connectivity index (χ3v) is 9.52. The van der Waals surface area contributed by atoms with E-state index >= 15 is 0 Å². The molecule has 0 bridgehead atoms. The molecule has 0 spiro atoms. The smallest absolute Gasteiger partial charge is 0.410 e. The zero-order chi connectivity index (χ0) is 36.6. The first kappa shape index (κ1) is 35.1. The van der Waals surface area contributed by atoms with Crippen LogP contribution < -0.4 is 21.0 Å². The Hall–Kier alpha value is -6.37. The van der Waals surface area contributed by atoms with Crippen molar-refractivity contribution >= 4 is 46.9 Å². The highest BCUT2D eigenvalue weighted by Gasteiger charge is 2.36. The van der Waals surface area contributed by atoms with E-state index in [1.165, 1.54) is 9.80 Å². The van der Waals surface area contributed by atoms with Gasteiger partial charge in [-0.3, -0.25) is 24.8 Å². The van der Waals surface area contributed by atoms with Crippen molar-refractivity contribution in [3.63, 3.8) is 0 Å². The van der Waals surface area contributed by atoms with Crippen LogP contribution in [0.15, 0.2) is 114 Å². The fourth-order valence-electron chi connectivity index (χ4n) is 6.75. The standard InChI is InChI=1S/C40H41N7O6/c48-37(34-13-7-23-45(34)39(50)52-25-28-9-3-1-4-10-28)42-31-17-15-30(16-18-31)36-44-41-27-47(36)33-21-19-32(20-22-33)43-38(49)35-14-8-24-46(35)40(51)53-26-29-11-5-2-6-12-29/h1-6,9-12,15-22,34-35,41H,7-8,13-14,23-27H2,(H,42,48)(H,43,49)/t34-,35-/m0/s1. The number of nitrogens with zero attached hydrogens (tertiary/aromatic N) is 4. The quantitative estimate of drug-likeness (QED) is 0.184. The number of rotatable bonds is 10. The van der Waals surface area contributed by atoms with Gasteiger partial charge in [0.25, 0.3) is 0 Å².